The number of nitrogens with zero attached hydrogens (tertiary/aromatic N) is 2. The van der Waals surface area contributed by atoms with E-state index >= 15 is 0 Å². The Hall–Kier alpha value is -4.82. The van der Waals surface area contributed by atoms with Crippen LogP contribution in [0.4, 0.5) is 11.4 Å². The second-order valence-corrected chi connectivity index (χ2v) is 11.1. The summed E-state index contributed by atoms with van der Waals surface area (Å²) in [4.78, 5) is 2.51. The maximum Gasteiger partial charge on any atom is 0.0629 e. The number of allylic oxidation sites excluding steroid dienone is 2. The van der Waals surface area contributed by atoms with Gasteiger partial charge in [-0.25, -0.2) is 0 Å². The highest BCUT2D eigenvalue weighted by Gasteiger charge is 2.37. The van der Waals surface area contributed by atoms with Gasteiger partial charge in [-0.1, -0.05) is 91.0 Å². The van der Waals surface area contributed by atoms with Crippen molar-refractivity contribution in [1.29, 1.82) is 0 Å². The van der Waals surface area contributed by atoms with E-state index in [9.17, 15) is 0 Å². The molecule has 2 aliphatic rings. The van der Waals surface area contributed by atoms with Gasteiger partial charge in [0.05, 0.1) is 17.1 Å². The predicted molar refractivity (Wildman–Crippen MR) is 169 cm³/mol. The number of rotatable bonds is 3. The van der Waals surface area contributed by atoms with Crippen LogP contribution in [0.3, 0.4) is 0 Å². The Bertz CT molecular complexity index is 1950. The van der Waals surface area contributed by atoms with Crippen LogP contribution in [0, 0.1) is 13.8 Å². The van der Waals surface area contributed by atoms with Gasteiger partial charge in [0.15, 0.2) is 0 Å². The summed E-state index contributed by atoms with van der Waals surface area (Å²) in [6.07, 6.45) is 9.04. The highest BCUT2D eigenvalue weighted by molar-refractivity contribution is 6.09. The summed E-state index contributed by atoms with van der Waals surface area (Å²) in [5.74, 6) is 0.400. The summed E-state index contributed by atoms with van der Waals surface area (Å²) < 4.78 is 2.39. The Morgan fingerprint density at radius 2 is 1.12 bits per heavy atom. The van der Waals surface area contributed by atoms with Crippen molar-refractivity contribution < 1.29 is 0 Å². The highest BCUT2D eigenvalue weighted by Crippen LogP contribution is 2.48. The van der Waals surface area contributed by atoms with E-state index in [0.29, 0.717) is 12.0 Å². The van der Waals surface area contributed by atoms with Gasteiger partial charge in [0.2, 0.25) is 0 Å². The summed E-state index contributed by atoms with van der Waals surface area (Å²) in [6, 6.07) is 40.4. The molecule has 1 aliphatic carbocycles. The molecule has 1 aromatic heterocycles. The quantitative estimate of drug-likeness (QED) is 0.228. The lowest BCUT2D eigenvalue weighted by atomic mass is 9.91. The molecular weight excluding hydrogens is 484 g/mol. The minimum absolute atomic E-state index is 0.319. The molecule has 5 aromatic carbocycles. The van der Waals surface area contributed by atoms with E-state index < -0.39 is 0 Å². The van der Waals surface area contributed by atoms with Crippen molar-refractivity contribution in [1.82, 2.24) is 4.57 Å². The Labute approximate surface area is 235 Å². The van der Waals surface area contributed by atoms with E-state index in [-0.39, 0.29) is 0 Å². The first-order valence-corrected chi connectivity index (χ1v) is 14.1. The molecule has 192 valence electrons. The molecule has 0 saturated heterocycles. The molecule has 0 amide bonds. The lowest BCUT2D eigenvalue weighted by Gasteiger charge is -2.29. The molecule has 0 fully saturated rings. The van der Waals surface area contributed by atoms with Crippen LogP contribution in [0.2, 0.25) is 0 Å². The number of aryl methyl sites for hydroxylation is 2. The number of para-hydroxylation sites is 3. The molecule has 0 bridgehead atoms. The average molecular weight is 515 g/mol. The first kappa shape index (κ1) is 23.1. The molecule has 40 heavy (non-hydrogen) atoms. The molecule has 2 nitrogen and oxygen atoms in total. The van der Waals surface area contributed by atoms with Crippen LogP contribution >= 0.6 is 0 Å². The standard InChI is InChI=1S/C38H30N2/c1-25-23-27(39-35-15-7-3-11-31(35)32-12-4-8-16-36(32)39)19-21-29(25)30-22-20-28(24-26(30)2)40-37-17-9-5-13-33(37)34-14-6-10-18-38(34)40/h3-24,31,35H,1-2H3. The van der Waals surface area contributed by atoms with Crippen LogP contribution in [0.15, 0.2) is 133 Å². The van der Waals surface area contributed by atoms with Gasteiger partial charge in [-0.15, -0.1) is 0 Å². The van der Waals surface area contributed by atoms with Crippen LogP contribution < -0.4 is 4.90 Å². The lowest BCUT2D eigenvalue weighted by molar-refractivity contribution is 0.744. The minimum atomic E-state index is 0.319. The van der Waals surface area contributed by atoms with Crippen molar-refractivity contribution in [3.05, 3.63) is 150 Å². The van der Waals surface area contributed by atoms with Crippen molar-refractivity contribution >= 4 is 33.2 Å². The van der Waals surface area contributed by atoms with Crippen LogP contribution in [0.25, 0.3) is 38.6 Å². The molecule has 1 aliphatic heterocycles. The molecule has 0 saturated carbocycles. The fourth-order valence-corrected chi connectivity index (χ4v) is 6.98. The maximum absolute atomic E-state index is 2.51. The molecule has 0 radical (unpaired) electrons. The largest absolute Gasteiger partial charge is 0.333 e. The number of fused-ring (bicyclic) bond motifs is 6. The molecule has 2 atom stereocenters. The van der Waals surface area contributed by atoms with Crippen molar-refractivity contribution in [3.63, 3.8) is 0 Å². The van der Waals surface area contributed by atoms with Crippen LogP contribution in [-0.2, 0) is 0 Å². The third kappa shape index (κ3) is 3.36. The minimum Gasteiger partial charge on any atom is -0.333 e. The van der Waals surface area contributed by atoms with Gasteiger partial charge in [0.25, 0.3) is 0 Å². The summed E-state index contributed by atoms with van der Waals surface area (Å²) in [7, 11) is 0. The molecule has 0 N–H and O–H groups in total. The summed E-state index contributed by atoms with van der Waals surface area (Å²) in [6.45, 7) is 4.48. The Morgan fingerprint density at radius 1 is 0.550 bits per heavy atom. The highest BCUT2D eigenvalue weighted by atomic mass is 15.2. The van der Waals surface area contributed by atoms with Crippen molar-refractivity contribution in [2.24, 2.45) is 0 Å². The number of anilines is 2. The van der Waals surface area contributed by atoms with E-state index in [4.69, 9.17) is 0 Å². The number of aromatic nitrogens is 1. The summed E-state index contributed by atoms with van der Waals surface area (Å²) >= 11 is 0. The van der Waals surface area contributed by atoms with Gasteiger partial charge < -0.3 is 9.47 Å². The third-order valence-corrected chi connectivity index (χ3v) is 8.79. The van der Waals surface area contributed by atoms with Gasteiger partial charge in [0.1, 0.15) is 0 Å². The molecule has 8 rings (SSSR count). The molecular formula is C38H30N2. The van der Waals surface area contributed by atoms with Crippen molar-refractivity contribution in [3.8, 4) is 16.8 Å². The Kier molecular flexibility index (Phi) is 5.12. The molecule has 6 aromatic rings. The SMILES string of the molecule is Cc1cc(N2c3ccccc3C3C=CC=CC32)ccc1-c1ccc(-n2c3ccccc3c3ccccc32)cc1C. The molecule has 0 spiro atoms. The van der Waals surface area contributed by atoms with Crippen LogP contribution in [-0.4, -0.2) is 10.6 Å². The van der Waals surface area contributed by atoms with Gasteiger partial charge in [-0.2, -0.15) is 0 Å². The van der Waals surface area contributed by atoms with E-state index in [1.54, 1.807) is 0 Å². The van der Waals surface area contributed by atoms with Crippen molar-refractivity contribution in [2.45, 2.75) is 25.8 Å². The predicted octanol–water partition coefficient (Wildman–Crippen LogP) is 9.80. The van der Waals surface area contributed by atoms with Crippen molar-refractivity contribution in [2.75, 3.05) is 4.90 Å². The summed E-state index contributed by atoms with van der Waals surface area (Å²) in [5, 5.41) is 2.58. The average Bonchev–Trinajstić information content (AvgIpc) is 3.51. The zero-order valence-electron chi connectivity index (χ0n) is 22.8. The fraction of sp³-hybridized carbons (Fsp3) is 0.105. The maximum atomic E-state index is 2.51. The molecule has 2 heterocycles. The van der Waals surface area contributed by atoms with Gasteiger partial charge in [-0.05, 0) is 84.1 Å². The topological polar surface area (TPSA) is 8.17 Å². The van der Waals surface area contributed by atoms with E-state index in [1.165, 1.54) is 66.7 Å². The zero-order chi connectivity index (χ0) is 26.8. The van der Waals surface area contributed by atoms with E-state index in [0.717, 1.165) is 0 Å². The van der Waals surface area contributed by atoms with Gasteiger partial charge in [0, 0.05) is 33.8 Å². The molecule has 2 heteroatoms. The Morgan fingerprint density at radius 3 is 1.82 bits per heavy atom. The first-order chi connectivity index (χ1) is 19.7. The Balaban J connectivity index is 1.20. The van der Waals surface area contributed by atoms with E-state index in [1.807, 2.05) is 0 Å². The first-order valence-electron chi connectivity index (χ1n) is 14.1. The fourth-order valence-electron chi connectivity index (χ4n) is 6.98. The number of hydrogen-bond donors (Lipinski definition) is 0. The third-order valence-electron chi connectivity index (χ3n) is 8.79. The number of benzene rings is 5. The van der Waals surface area contributed by atoms with Crippen LogP contribution in [0.1, 0.15) is 22.6 Å². The van der Waals surface area contributed by atoms with E-state index in [2.05, 4.69) is 157 Å². The van der Waals surface area contributed by atoms with Gasteiger partial charge in [-0.3, -0.25) is 0 Å². The molecule has 2 unspecified atom stereocenters. The second-order valence-electron chi connectivity index (χ2n) is 11.1. The smallest absolute Gasteiger partial charge is 0.0629 e. The second kappa shape index (κ2) is 8.86. The summed E-state index contributed by atoms with van der Waals surface area (Å²) in [5.41, 5.74) is 12.8. The lowest BCUT2D eigenvalue weighted by Crippen LogP contribution is -2.28. The van der Waals surface area contributed by atoms with Crippen LogP contribution in [0.5, 0.6) is 0 Å². The normalized spacial score (nSPS) is 17.5. The zero-order valence-corrected chi connectivity index (χ0v) is 22.8. The number of hydrogen-bond acceptors (Lipinski definition) is 1. The van der Waals surface area contributed by atoms with Gasteiger partial charge >= 0.3 is 0 Å². The monoisotopic (exact) mass is 514 g/mol.